The normalized spacial score (nSPS) is 18.8. The van der Waals surface area contributed by atoms with Crippen LogP contribution in [0, 0.1) is 17.2 Å². The Balaban J connectivity index is 2.39. The second-order valence-corrected chi connectivity index (χ2v) is 4.88. The van der Waals surface area contributed by atoms with E-state index in [9.17, 15) is 4.79 Å². The Morgan fingerprint density at radius 1 is 1.47 bits per heavy atom. The van der Waals surface area contributed by atoms with E-state index in [1.807, 2.05) is 0 Å². The number of nitrogens with zero attached hydrogens (tertiary/aromatic N) is 1. The molecule has 84 valence electrons. The zero-order chi connectivity index (χ0) is 11.3. The van der Waals surface area contributed by atoms with E-state index in [1.54, 1.807) is 0 Å². The third kappa shape index (κ3) is 3.54. The second-order valence-electron chi connectivity index (χ2n) is 4.88. The molecule has 1 aliphatic carbocycles. The van der Waals surface area contributed by atoms with Crippen LogP contribution in [0.1, 0.15) is 52.4 Å². The van der Waals surface area contributed by atoms with E-state index in [0.29, 0.717) is 12.3 Å². The van der Waals surface area contributed by atoms with Gasteiger partial charge in [0.2, 0.25) is 5.91 Å². The van der Waals surface area contributed by atoms with Gasteiger partial charge in [0.05, 0.1) is 6.07 Å². The second kappa shape index (κ2) is 5.16. The fourth-order valence-electron chi connectivity index (χ4n) is 1.99. The summed E-state index contributed by atoms with van der Waals surface area (Å²) < 4.78 is 0. The summed E-state index contributed by atoms with van der Waals surface area (Å²) >= 11 is 0. The van der Waals surface area contributed by atoms with Crippen LogP contribution < -0.4 is 5.32 Å². The number of hydrogen-bond acceptors (Lipinski definition) is 2. The van der Waals surface area contributed by atoms with Crippen LogP contribution in [-0.4, -0.2) is 11.4 Å². The van der Waals surface area contributed by atoms with Gasteiger partial charge in [-0.05, 0) is 38.0 Å². The van der Waals surface area contributed by atoms with Crippen molar-refractivity contribution in [1.29, 1.82) is 5.26 Å². The van der Waals surface area contributed by atoms with Gasteiger partial charge in [0.25, 0.3) is 0 Å². The quantitative estimate of drug-likeness (QED) is 0.771. The van der Waals surface area contributed by atoms with Crippen LogP contribution in [0.3, 0.4) is 0 Å². The Morgan fingerprint density at radius 2 is 2.07 bits per heavy atom. The van der Waals surface area contributed by atoms with E-state index in [-0.39, 0.29) is 5.91 Å². The lowest BCUT2D eigenvalue weighted by Gasteiger charge is -2.22. The van der Waals surface area contributed by atoms with E-state index in [4.69, 9.17) is 5.26 Å². The zero-order valence-electron chi connectivity index (χ0n) is 9.68. The standard InChI is InChI=1S/C12H20N2O/c1-10(2)5-6-11(15)14-12(9-13)7-3-4-8-12/h10H,3-8H2,1-2H3,(H,14,15). The van der Waals surface area contributed by atoms with Crippen molar-refractivity contribution in [3.8, 4) is 6.07 Å². The lowest BCUT2D eigenvalue weighted by atomic mass is 9.99. The molecule has 0 aliphatic heterocycles. The first-order valence-electron chi connectivity index (χ1n) is 5.80. The minimum absolute atomic E-state index is 0.0344. The lowest BCUT2D eigenvalue weighted by molar-refractivity contribution is -0.122. The highest BCUT2D eigenvalue weighted by Gasteiger charge is 2.35. The van der Waals surface area contributed by atoms with Crippen LogP contribution in [0.5, 0.6) is 0 Å². The van der Waals surface area contributed by atoms with Gasteiger partial charge in [0.15, 0.2) is 0 Å². The smallest absolute Gasteiger partial charge is 0.221 e. The Labute approximate surface area is 91.9 Å². The maximum Gasteiger partial charge on any atom is 0.221 e. The molecule has 1 N–H and O–H groups in total. The fourth-order valence-corrected chi connectivity index (χ4v) is 1.99. The minimum Gasteiger partial charge on any atom is -0.338 e. The summed E-state index contributed by atoms with van der Waals surface area (Å²) in [4.78, 5) is 11.6. The highest BCUT2D eigenvalue weighted by atomic mass is 16.1. The molecule has 3 nitrogen and oxygen atoms in total. The van der Waals surface area contributed by atoms with E-state index < -0.39 is 5.54 Å². The molecule has 0 radical (unpaired) electrons. The number of carbonyl (C=O) groups is 1. The lowest BCUT2D eigenvalue weighted by Crippen LogP contribution is -2.45. The van der Waals surface area contributed by atoms with Gasteiger partial charge in [-0.1, -0.05) is 13.8 Å². The van der Waals surface area contributed by atoms with Crippen molar-refractivity contribution in [2.75, 3.05) is 0 Å². The molecule has 0 aromatic rings. The first-order chi connectivity index (χ1) is 7.08. The van der Waals surface area contributed by atoms with Gasteiger partial charge >= 0.3 is 0 Å². The Kier molecular flexibility index (Phi) is 4.14. The Bertz CT molecular complexity index is 259. The van der Waals surface area contributed by atoms with Crippen LogP contribution in [0.25, 0.3) is 0 Å². The zero-order valence-corrected chi connectivity index (χ0v) is 9.68. The van der Waals surface area contributed by atoms with Crippen molar-refractivity contribution in [2.45, 2.75) is 57.9 Å². The third-order valence-corrected chi connectivity index (χ3v) is 3.00. The van der Waals surface area contributed by atoms with Gasteiger partial charge in [0.1, 0.15) is 5.54 Å². The summed E-state index contributed by atoms with van der Waals surface area (Å²) in [6.07, 6.45) is 5.18. The SMILES string of the molecule is CC(C)CCC(=O)NC1(C#N)CCCC1. The van der Waals surface area contributed by atoms with Gasteiger partial charge in [-0.15, -0.1) is 0 Å². The first kappa shape index (κ1) is 12.0. The van der Waals surface area contributed by atoms with Gasteiger partial charge in [-0.3, -0.25) is 4.79 Å². The molecule has 0 spiro atoms. The molecule has 1 aliphatic rings. The predicted octanol–water partition coefficient (Wildman–Crippen LogP) is 2.38. The van der Waals surface area contributed by atoms with Crippen molar-refractivity contribution in [1.82, 2.24) is 5.32 Å². The van der Waals surface area contributed by atoms with Gasteiger partial charge in [-0.2, -0.15) is 5.26 Å². The summed E-state index contributed by atoms with van der Waals surface area (Å²) in [7, 11) is 0. The topological polar surface area (TPSA) is 52.9 Å². The summed E-state index contributed by atoms with van der Waals surface area (Å²) in [6.45, 7) is 4.20. The van der Waals surface area contributed by atoms with E-state index in [1.165, 1.54) is 0 Å². The van der Waals surface area contributed by atoms with E-state index in [2.05, 4.69) is 25.2 Å². The number of rotatable bonds is 4. The minimum atomic E-state index is -0.548. The summed E-state index contributed by atoms with van der Waals surface area (Å²) in [5.41, 5.74) is -0.548. The van der Waals surface area contributed by atoms with Crippen LogP contribution >= 0.6 is 0 Å². The average Bonchev–Trinajstić information content (AvgIpc) is 2.64. The number of hydrogen-bond donors (Lipinski definition) is 1. The fraction of sp³-hybridized carbons (Fsp3) is 0.833. The van der Waals surface area contributed by atoms with Crippen LogP contribution in [0.4, 0.5) is 0 Å². The molecule has 0 aromatic heterocycles. The molecule has 0 bridgehead atoms. The highest BCUT2D eigenvalue weighted by Crippen LogP contribution is 2.28. The average molecular weight is 208 g/mol. The molecule has 1 amide bonds. The molecule has 3 heteroatoms. The molecule has 0 saturated heterocycles. The van der Waals surface area contributed by atoms with Crippen molar-refractivity contribution in [2.24, 2.45) is 5.92 Å². The van der Waals surface area contributed by atoms with Gasteiger partial charge in [0, 0.05) is 6.42 Å². The largest absolute Gasteiger partial charge is 0.338 e. The van der Waals surface area contributed by atoms with Crippen LogP contribution in [0.15, 0.2) is 0 Å². The van der Waals surface area contributed by atoms with Crippen LogP contribution in [0.2, 0.25) is 0 Å². The number of nitrogens with one attached hydrogen (secondary N) is 1. The number of amides is 1. The molecular formula is C12H20N2O. The molecule has 0 atom stereocenters. The molecule has 1 fully saturated rings. The molecule has 1 saturated carbocycles. The summed E-state index contributed by atoms with van der Waals surface area (Å²) in [6, 6.07) is 2.26. The maximum atomic E-state index is 11.6. The van der Waals surface area contributed by atoms with Crippen LogP contribution in [-0.2, 0) is 4.79 Å². The van der Waals surface area contributed by atoms with Gasteiger partial charge in [-0.25, -0.2) is 0 Å². The predicted molar refractivity (Wildman–Crippen MR) is 59.0 cm³/mol. The molecule has 15 heavy (non-hydrogen) atoms. The summed E-state index contributed by atoms with van der Waals surface area (Å²) in [5.74, 6) is 0.574. The van der Waals surface area contributed by atoms with Crippen molar-refractivity contribution in [3.63, 3.8) is 0 Å². The van der Waals surface area contributed by atoms with E-state index in [0.717, 1.165) is 32.1 Å². The molecule has 1 rings (SSSR count). The van der Waals surface area contributed by atoms with E-state index >= 15 is 0 Å². The monoisotopic (exact) mass is 208 g/mol. The highest BCUT2D eigenvalue weighted by molar-refractivity contribution is 5.77. The molecule has 0 heterocycles. The van der Waals surface area contributed by atoms with Crippen molar-refractivity contribution in [3.05, 3.63) is 0 Å². The Morgan fingerprint density at radius 3 is 2.53 bits per heavy atom. The third-order valence-electron chi connectivity index (χ3n) is 3.00. The summed E-state index contributed by atoms with van der Waals surface area (Å²) in [5, 5.41) is 12.0. The first-order valence-corrected chi connectivity index (χ1v) is 5.80. The number of nitriles is 1. The maximum absolute atomic E-state index is 11.6. The van der Waals surface area contributed by atoms with Gasteiger partial charge < -0.3 is 5.32 Å². The molecular weight excluding hydrogens is 188 g/mol. The van der Waals surface area contributed by atoms with Crippen molar-refractivity contribution >= 4 is 5.91 Å². The number of carbonyl (C=O) groups excluding carboxylic acids is 1. The molecule has 0 aromatic carbocycles. The molecule has 0 unspecified atom stereocenters. The van der Waals surface area contributed by atoms with Crippen molar-refractivity contribution < 1.29 is 4.79 Å². The Hall–Kier alpha value is -1.04.